The van der Waals surface area contributed by atoms with Crippen molar-refractivity contribution < 1.29 is 9.53 Å². The first-order chi connectivity index (χ1) is 8.26. The van der Waals surface area contributed by atoms with Crippen molar-refractivity contribution >= 4 is 5.97 Å². The first kappa shape index (κ1) is 12.1. The maximum absolute atomic E-state index is 11.6. The van der Waals surface area contributed by atoms with Crippen molar-refractivity contribution in [3.8, 4) is 0 Å². The molecule has 0 amide bonds. The molecule has 1 aliphatic heterocycles. The molecule has 1 saturated heterocycles. The van der Waals surface area contributed by atoms with Crippen molar-refractivity contribution in [3.05, 3.63) is 17.5 Å². The molecule has 5 nitrogen and oxygen atoms in total. The molecule has 1 fully saturated rings. The summed E-state index contributed by atoms with van der Waals surface area (Å²) in [6.07, 6.45) is 3.51. The number of aromatic nitrogens is 2. The number of hydrogen-bond acceptors (Lipinski definition) is 4. The maximum Gasteiger partial charge on any atom is 0.356 e. The highest BCUT2D eigenvalue weighted by molar-refractivity contribution is 5.87. The van der Waals surface area contributed by atoms with Crippen LogP contribution in [-0.2, 0) is 11.3 Å². The molecule has 5 heteroatoms. The number of esters is 1. The number of carbonyl (C=O) groups is 1. The number of aryl methyl sites for hydroxylation is 1. The summed E-state index contributed by atoms with van der Waals surface area (Å²) in [6, 6.07) is 2.12. The minimum Gasteiger partial charge on any atom is -0.464 e. The Hall–Kier alpha value is -1.36. The van der Waals surface area contributed by atoms with Crippen LogP contribution in [0.3, 0.4) is 0 Å². The Morgan fingerprint density at radius 3 is 3.06 bits per heavy atom. The van der Waals surface area contributed by atoms with Crippen LogP contribution in [0.1, 0.15) is 48.4 Å². The van der Waals surface area contributed by atoms with Gasteiger partial charge in [0.1, 0.15) is 5.69 Å². The number of hydrogen-bond donors (Lipinski definition) is 1. The van der Waals surface area contributed by atoms with Crippen LogP contribution < -0.4 is 5.32 Å². The molecule has 2 rings (SSSR count). The average Bonchev–Trinajstić information content (AvgIpc) is 2.83. The Kier molecular flexibility index (Phi) is 3.78. The van der Waals surface area contributed by atoms with Crippen LogP contribution in [0.25, 0.3) is 0 Å². The lowest BCUT2D eigenvalue weighted by Crippen LogP contribution is -2.27. The lowest BCUT2D eigenvalue weighted by Gasteiger charge is -2.21. The largest absolute Gasteiger partial charge is 0.464 e. The van der Waals surface area contributed by atoms with Crippen LogP contribution in [0.5, 0.6) is 0 Å². The summed E-state index contributed by atoms with van der Waals surface area (Å²) in [6.45, 7) is 3.67. The molecule has 0 aromatic carbocycles. The van der Waals surface area contributed by atoms with Gasteiger partial charge in [0.15, 0.2) is 0 Å². The number of rotatable bonds is 3. The van der Waals surface area contributed by atoms with Gasteiger partial charge in [-0.2, -0.15) is 5.10 Å². The summed E-state index contributed by atoms with van der Waals surface area (Å²) in [4.78, 5) is 11.6. The van der Waals surface area contributed by atoms with E-state index >= 15 is 0 Å². The third-order valence-corrected chi connectivity index (χ3v) is 3.16. The summed E-state index contributed by atoms with van der Waals surface area (Å²) < 4.78 is 6.47. The van der Waals surface area contributed by atoms with Gasteiger partial charge in [-0.05, 0) is 32.4 Å². The van der Waals surface area contributed by atoms with Crippen LogP contribution >= 0.6 is 0 Å². The van der Waals surface area contributed by atoms with Crippen LogP contribution in [-0.4, -0.2) is 29.4 Å². The summed E-state index contributed by atoms with van der Waals surface area (Å²) in [5.41, 5.74) is 1.49. The zero-order valence-electron chi connectivity index (χ0n) is 10.4. The molecule has 0 aliphatic carbocycles. The van der Waals surface area contributed by atoms with Crippen LogP contribution in [0.15, 0.2) is 6.07 Å². The SMILES string of the molecule is CCn1nc([C@@H]2CCCCN2)cc1C(=O)OC. The van der Waals surface area contributed by atoms with Gasteiger partial charge < -0.3 is 10.1 Å². The van der Waals surface area contributed by atoms with E-state index in [1.807, 2.05) is 13.0 Å². The minimum absolute atomic E-state index is 0.278. The Morgan fingerprint density at radius 1 is 1.65 bits per heavy atom. The minimum atomic E-state index is -0.318. The van der Waals surface area contributed by atoms with Gasteiger partial charge in [-0.1, -0.05) is 6.42 Å². The standard InChI is InChI=1S/C12H19N3O2/c1-3-15-11(12(16)17-2)8-10(14-15)9-6-4-5-7-13-9/h8-9,13H,3-7H2,1-2H3/t9-/m0/s1. The lowest BCUT2D eigenvalue weighted by molar-refractivity contribution is 0.0587. The Bertz CT molecular complexity index is 394. The van der Waals surface area contributed by atoms with Crippen molar-refractivity contribution in [1.82, 2.24) is 15.1 Å². The first-order valence-electron chi connectivity index (χ1n) is 6.15. The predicted octanol–water partition coefficient (Wildman–Crippen LogP) is 1.50. The lowest BCUT2D eigenvalue weighted by atomic mass is 10.0. The van der Waals surface area contributed by atoms with Crippen molar-refractivity contribution in [2.75, 3.05) is 13.7 Å². The second-order valence-corrected chi connectivity index (χ2v) is 4.26. The van der Waals surface area contributed by atoms with E-state index in [1.165, 1.54) is 20.0 Å². The van der Waals surface area contributed by atoms with E-state index in [2.05, 4.69) is 10.4 Å². The molecule has 0 bridgehead atoms. The van der Waals surface area contributed by atoms with Gasteiger partial charge in [0.05, 0.1) is 18.8 Å². The van der Waals surface area contributed by atoms with Crippen molar-refractivity contribution in [3.63, 3.8) is 0 Å². The van der Waals surface area contributed by atoms with Crippen molar-refractivity contribution in [2.45, 2.75) is 38.8 Å². The number of nitrogens with zero attached hydrogens (tertiary/aromatic N) is 2. The second kappa shape index (κ2) is 5.31. The molecule has 1 atom stereocenters. The number of methoxy groups -OCH3 is 1. The topological polar surface area (TPSA) is 56.2 Å². The first-order valence-corrected chi connectivity index (χ1v) is 6.15. The molecule has 1 aliphatic rings. The normalized spacial score (nSPS) is 20.2. The molecule has 1 aromatic heterocycles. The summed E-state index contributed by atoms with van der Waals surface area (Å²) in [5, 5.41) is 7.90. The smallest absolute Gasteiger partial charge is 0.356 e. The zero-order chi connectivity index (χ0) is 12.3. The van der Waals surface area contributed by atoms with E-state index in [-0.39, 0.29) is 12.0 Å². The molecular formula is C12H19N3O2. The van der Waals surface area contributed by atoms with Gasteiger partial charge >= 0.3 is 5.97 Å². The average molecular weight is 237 g/mol. The quantitative estimate of drug-likeness (QED) is 0.809. The number of piperidine rings is 1. The molecule has 0 saturated carbocycles. The highest BCUT2D eigenvalue weighted by Crippen LogP contribution is 2.22. The monoisotopic (exact) mass is 237 g/mol. The van der Waals surface area contributed by atoms with E-state index < -0.39 is 0 Å². The molecule has 0 spiro atoms. The Labute approximate surface area is 101 Å². The van der Waals surface area contributed by atoms with Gasteiger partial charge in [0.25, 0.3) is 0 Å². The van der Waals surface area contributed by atoms with Gasteiger partial charge in [0, 0.05) is 6.54 Å². The third-order valence-electron chi connectivity index (χ3n) is 3.16. The Morgan fingerprint density at radius 2 is 2.47 bits per heavy atom. The maximum atomic E-state index is 11.6. The fourth-order valence-electron chi connectivity index (χ4n) is 2.22. The third kappa shape index (κ3) is 2.49. The number of ether oxygens (including phenoxy) is 1. The molecule has 1 N–H and O–H groups in total. The number of carbonyl (C=O) groups excluding carboxylic acids is 1. The van der Waals surface area contributed by atoms with E-state index in [0.717, 1.165) is 18.7 Å². The van der Waals surface area contributed by atoms with Crippen molar-refractivity contribution in [1.29, 1.82) is 0 Å². The number of nitrogens with one attached hydrogen (secondary N) is 1. The van der Waals surface area contributed by atoms with Gasteiger partial charge in [-0.25, -0.2) is 4.79 Å². The van der Waals surface area contributed by atoms with Crippen molar-refractivity contribution in [2.24, 2.45) is 0 Å². The summed E-state index contributed by atoms with van der Waals surface area (Å²) >= 11 is 0. The van der Waals surface area contributed by atoms with Crippen LogP contribution in [0.2, 0.25) is 0 Å². The van der Waals surface area contributed by atoms with E-state index in [4.69, 9.17) is 4.74 Å². The predicted molar refractivity (Wildman–Crippen MR) is 63.8 cm³/mol. The molecule has 17 heavy (non-hydrogen) atoms. The van der Waals surface area contributed by atoms with E-state index in [1.54, 1.807) is 4.68 Å². The molecular weight excluding hydrogens is 218 g/mol. The van der Waals surface area contributed by atoms with Gasteiger partial charge in [-0.15, -0.1) is 0 Å². The van der Waals surface area contributed by atoms with E-state index in [9.17, 15) is 4.79 Å². The Balaban J connectivity index is 2.23. The van der Waals surface area contributed by atoms with Crippen LogP contribution in [0.4, 0.5) is 0 Å². The molecule has 2 heterocycles. The fraction of sp³-hybridized carbons (Fsp3) is 0.667. The van der Waals surface area contributed by atoms with Gasteiger partial charge in [0.2, 0.25) is 0 Å². The summed E-state index contributed by atoms with van der Waals surface area (Å²) in [5.74, 6) is -0.318. The molecule has 0 unspecified atom stereocenters. The second-order valence-electron chi connectivity index (χ2n) is 4.26. The molecule has 94 valence electrons. The van der Waals surface area contributed by atoms with E-state index in [0.29, 0.717) is 12.2 Å². The summed E-state index contributed by atoms with van der Waals surface area (Å²) in [7, 11) is 1.40. The fourth-order valence-corrected chi connectivity index (χ4v) is 2.22. The highest BCUT2D eigenvalue weighted by atomic mass is 16.5. The van der Waals surface area contributed by atoms with Crippen LogP contribution in [0, 0.1) is 0 Å². The highest BCUT2D eigenvalue weighted by Gasteiger charge is 2.21. The molecule has 1 aromatic rings. The molecule has 0 radical (unpaired) electrons. The van der Waals surface area contributed by atoms with Gasteiger partial charge in [-0.3, -0.25) is 4.68 Å². The zero-order valence-corrected chi connectivity index (χ0v) is 10.4.